The first kappa shape index (κ1) is 17.2. The molecule has 1 aliphatic carbocycles. The number of ether oxygens (including phenoxy) is 1. The van der Waals surface area contributed by atoms with Crippen LogP contribution >= 0.6 is 11.3 Å². The summed E-state index contributed by atoms with van der Waals surface area (Å²) in [6.07, 6.45) is 0.722. The lowest BCUT2D eigenvalue weighted by Gasteiger charge is -2.09. The molecule has 0 aliphatic heterocycles. The number of thiazole rings is 1. The molecule has 3 aromatic rings. The van der Waals surface area contributed by atoms with E-state index >= 15 is 0 Å². The van der Waals surface area contributed by atoms with E-state index in [-0.39, 0.29) is 11.8 Å². The van der Waals surface area contributed by atoms with E-state index in [0.29, 0.717) is 32.8 Å². The number of carbonyl (C=O) groups excluding carboxylic acids is 1. The lowest BCUT2D eigenvalue weighted by atomic mass is 10.2. The van der Waals surface area contributed by atoms with Crippen molar-refractivity contribution in [1.29, 1.82) is 0 Å². The Bertz CT molecular complexity index is 1050. The average molecular weight is 384 g/mol. The minimum absolute atomic E-state index is 0.00361. The number of nitrogens with one attached hydrogen (secondary N) is 2. The summed E-state index contributed by atoms with van der Waals surface area (Å²) in [5.74, 6) is 0.976. The van der Waals surface area contributed by atoms with Crippen LogP contribution in [-0.4, -0.2) is 27.1 Å². The van der Waals surface area contributed by atoms with Gasteiger partial charge in [0.05, 0.1) is 0 Å². The second-order valence-corrected chi connectivity index (χ2v) is 7.25. The smallest absolute Gasteiger partial charge is 0.409 e. The molecule has 0 unspecified atom stereocenters. The zero-order chi connectivity index (χ0) is 19.0. The minimum atomic E-state index is -1.14. The van der Waals surface area contributed by atoms with Crippen LogP contribution in [0.2, 0.25) is 0 Å². The molecule has 0 atom stereocenters. The maximum atomic E-state index is 11.9. The highest BCUT2D eigenvalue weighted by atomic mass is 32.1. The van der Waals surface area contributed by atoms with Crippen LogP contribution in [0.15, 0.2) is 30.3 Å². The second kappa shape index (κ2) is 6.84. The van der Waals surface area contributed by atoms with Gasteiger partial charge in [0, 0.05) is 23.7 Å². The number of hydrogen-bond donors (Lipinski definition) is 3. The quantitative estimate of drug-likeness (QED) is 0.607. The summed E-state index contributed by atoms with van der Waals surface area (Å²) in [6, 6.07) is 8.48. The van der Waals surface area contributed by atoms with Crippen LogP contribution in [0.4, 0.5) is 15.6 Å². The highest BCUT2D eigenvalue weighted by Gasteiger charge is 2.30. The highest BCUT2D eigenvalue weighted by molar-refractivity contribution is 7.21. The molecule has 1 aliphatic rings. The molecule has 2 aromatic heterocycles. The number of benzene rings is 1. The summed E-state index contributed by atoms with van der Waals surface area (Å²) in [5.41, 5.74) is 1.93. The third-order valence-electron chi connectivity index (χ3n) is 4.06. The van der Waals surface area contributed by atoms with Crippen molar-refractivity contribution in [2.24, 2.45) is 5.92 Å². The summed E-state index contributed by atoms with van der Waals surface area (Å²) in [6.45, 7) is 1.86. The molecular weight excluding hydrogens is 368 g/mol. The Hall–Kier alpha value is -3.20. The molecule has 2 amide bonds. The number of amides is 2. The molecule has 0 bridgehead atoms. The third-order valence-corrected chi connectivity index (χ3v) is 4.94. The molecule has 138 valence electrons. The lowest BCUT2D eigenvalue weighted by molar-refractivity contribution is -0.117. The van der Waals surface area contributed by atoms with Gasteiger partial charge in [0.1, 0.15) is 16.1 Å². The molecule has 27 heavy (non-hydrogen) atoms. The Morgan fingerprint density at radius 3 is 2.74 bits per heavy atom. The van der Waals surface area contributed by atoms with Gasteiger partial charge in [-0.25, -0.2) is 14.8 Å². The molecule has 0 saturated heterocycles. The molecule has 8 nitrogen and oxygen atoms in total. The van der Waals surface area contributed by atoms with Crippen LogP contribution in [0.1, 0.15) is 18.4 Å². The van der Waals surface area contributed by atoms with Crippen LogP contribution in [0.25, 0.3) is 10.3 Å². The predicted octanol–water partition coefficient (Wildman–Crippen LogP) is 4.23. The molecule has 0 radical (unpaired) electrons. The van der Waals surface area contributed by atoms with Crippen molar-refractivity contribution < 1.29 is 19.4 Å². The number of carbonyl (C=O) groups is 2. The Morgan fingerprint density at radius 1 is 1.19 bits per heavy atom. The van der Waals surface area contributed by atoms with Gasteiger partial charge in [-0.1, -0.05) is 17.4 Å². The fourth-order valence-electron chi connectivity index (χ4n) is 2.49. The molecular formula is C18H16N4O4S. The van der Waals surface area contributed by atoms with E-state index in [0.717, 1.165) is 18.4 Å². The van der Waals surface area contributed by atoms with Crippen LogP contribution in [0.5, 0.6) is 11.6 Å². The van der Waals surface area contributed by atoms with Crippen molar-refractivity contribution in [3.05, 3.63) is 35.9 Å². The van der Waals surface area contributed by atoms with Crippen molar-refractivity contribution in [2.75, 3.05) is 10.6 Å². The van der Waals surface area contributed by atoms with Gasteiger partial charge in [-0.05, 0) is 37.5 Å². The molecule has 2 heterocycles. The average Bonchev–Trinajstić information content (AvgIpc) is 3.38. The zero-order valence-electron chi connectivity index (χ0n) is 14.4. The number of carboxylic acid groups (broad SMARTS) is 1. The summed E-state index contributed by atoms with van der Waals surface area (Å²) in [7, 11) is 0. The Labute approximate surface area is 158 Å². The predicted molar refractivity (Wildman–Crippen MR) is 102 cm³/mol. The largest absolute Gasteiger partial charge is 0.465 e. The van der Waals surface area contributed by atoms with Gasteiger partial charge in [0.15, 0.2) is 5.13 Å². The van der Waals surface area contributed by atoms with E-state index in [2.05, 4.69) is 20.6 Å². The first-order chi connectivity index (χ1) is 13.0. The van der Waals surface area contributed by atoms with Gasteiger partial charge >= 0.3 is 6.09 Å². The SMILES string of the molecule is Cc1ccc(NC(=O)O)cc1Oc1ccc2nc(NC(=O)C3CC3)sc2n1. The number of nitrogens with zero attached hydrogens (tertiary/aromatic N) is 2. The molecule has 0 spiro atoms. The van der Waals surface area contributed by atoms with Gasteiger partial charge in [0.25, 0.3) is 0 Å². The first-order valence-corrected chi connectivity index (χ1v) is 9.16. The number of rotatable bonds is 5. The van der Waals surface area contributed by atoms with Gasteiger partial charge < -0.3 is 15.2 Å². The van der Waals surface area contributed by atoms with Gasteiger partial charge in [0.2, 0.25) is 11.8 Å². The fraction of sp³-hybridized carbons (Fsp3) is 0.222. The highest BCUT2D eigenvalue weighted by Crippen LogP contribution is 2.33. The van der Waals surface area contributed by atoms with Gasteiger partial charge in [-0.2, -0.15) is 0 Å². The topological polar surface area (TPSA) is 113 Å². The summed E-state index contributed by atoms with van der Waals surface area (Å²) >= 11 is 1.29. The van der Waals surface area contributed by atoms with Crippen molar-refractivity contribution >= 4 is 44.5 Å². The number of fused-ring (bicyclic) bond motifs is 1. The van der Waals surface area contributed by atoms with Crippen molar-refractivity contribution in [3.63, 3.8) is 0 Å². The molecule has 3 N–H and O–H groups in total. The van der Waals surface area contributed by atoms with Crippen LogP contribution in [-0.2, 0) is 4.79 Å². The third kappa shape index (κ3) is 3.98. The summed E-state index contributed by atoms with van der Waals surface area (Å²) < 4.78 is 5.83. The molecule has 1 saturated carbocycles. The molecule has 4 rings (SSSR count). The van der Waals surface area contributed by atoms with Gasteiger partial charge in [-0.15, -0.1) is 0 Å². The zero-order valence-corrected chi connectivity index (χ0v) is 15.2. The van der Waals surface area contributed by atoms with Crippen LogP contribution in [0, 0.1) is 12.8 Å². The van der Waals surface area contributed by atoms with Gasteiger partial charge in [-0.3, -0.25) is 10.1 Å². The van der Waals surface area contributed by atoms with E-state index in [1.807, 2.05) is 6.92 Å². The lowest BCUT2D eigenvalue weighted by Crippen LogP contribution is -2.12. The monoisotopic (exact) mass is 384 g/mol. The maximum absolute atomic E-state index is 11.9. The van der Waals surface area contributed by atoms with E-state index in [4.69, 9.17) is 9.84 Å². The van der Waals surface area contributed by atoms with E-state index in [1.54, 1.807) is 30.3 Å². The second-order valence-electron chi connectivity index (χ2n) is 6.27. The van der Waals surface area contributed by atoms with E-state index < -0.39 is 6.09 Å². The maximum Gasteiger partial charge on any atom is 0.409 e. The number of aryl methyl sites for hydroxylation is 1. The minimum Gasteiger partial charge on any atom is -0.465 e. The number of pyridine rings is 1. The first-order valence-electron chi connectivity index (χ1n) is 8.35. The molecule has 1 aromatic carbocycles. The van der Waals surface area contributed by atoms with Crippen molar-refractivity contribution in [1.82, 2.24) is 9.97 Å². The number of hydrogen-bond acceptors (Lipinski definition) is 6. The van der Waals surface area contributed by atoms with Crippen LogP contribution < -0.4 is 15.4 Å². The van der Waals surface area contributed by atoms with E-state index in [9.17, 15) is 9.59 Å². The Balaban J connectivity index is 1.55. The Kier molecular flexibility index (Phi) is 4.36. The normalized spacial score (nSPS) is 13.4. The fourth-order valence-corrected chi connectivity index (χ4v) is 3.32. The summed E-state index contributed by atoms with van der Waals surface area (Å²) in [5, 5.41) is 14.5. The molecule has 1 fully saturated rings. The van der Waals surface area contributed by atoms with E-state index in [1.165, 1.54) is 11.3 Å². The van der Waals surface area contributed by atoms with Crippen molar-refractivity contribution in [3.8, 4) is 11.6 Å². The summed E-state index contributed by atoms with van der Waals surface area (Å²) in [4.78, 5) is 32.1. The standard InChI is InChI=1S/C18H16N4O4S/c1-9-2-5-11(19-18(24)25)8-13(9)26-14-7-6-12-16(21-14)27-17(20-12)22-15(23)10-3-4-10/h2,5-8,10,19H,3-4H2,1H3,(H,24,25)(H,20,22,23). The molecule has 9 heteroatoms. The number of aromatic nitrogens is 2. The van der Waals surface area contributed by atoms with Crippen molar-refractivity contribution in [2.45, 2.75) is 19.8 Å². The number of anilines is 2. The Morgan fingerprint density at radius 2 is 2.00 bits per heavy atom. The van der Waals surface area contributed by atoms with Crippen LogP contribution in [0.3, 0.4) is 0 Å².